The number of hydrogen-bond donors (Lipinski definition) is 1. The number of aryl methyl sites for hydroxylation is 1. The van der Waals surface area contributed by atoms with Crippen molar-refractivity contribution in [3.8, 4) is 0 Å². The summed E-state index contributed by atoms with van der Waals surface area (Å²) in [5.74, 6) is 0.556. The minimum Gasteiger partial charge on any atom is -0.302 e. The Morgan fingerprint density at radius 3 is 3.09 bits per heavy atom. The Bertz CT molecular complexity index is 687. The van der Waals surface area contributed by atoms with Crippen molar-refractivity contribution in [2.45, 2.75) is 33.2 Å². The fourth-order valence-corrected chi connectivity index (χ4v) is 3.84. The average molecular weight is 331 g/mol. The highest BCUT2D eigenvalue weighted by Crippen LogP contribution is 2.25. The van der Waals surface area contributed by atoms with E-state index < -0.39 is 0 Å². The largest absolute Gasteiger partial charge is 0.302 e. The lowest BCUT2D eigenvalue weighted by atomic mass is 10.0. The molecule has 0 aromatic carbocycles. The first-order chi connectivity index (χ1) is 11.1. The van der Waals surface area contributed by atoms with E-state index in [1.165, 1.54) is 18.2 Å². The minimum absolute atomic E-state index is 0.0774. The molecule has 1 fully saturated rings. The monoisotopic (exact) mass is 331 g/mol. The smallest absolute Gasteiger partial charge is 0.223 e. The Morgan fingerprint density at radius 1 is 1.43 bits per heavy atom. The Hall–Kier alpha value is -1.86. The van der Waals surface area contributed by atoms with E-state index in [9.17, 15) is 4.79 Å². The summed E-state index contributed by atoms with van der Waals surface area (Å²) < 4.78 is 0. The van der Waals surface area contributed by atoms with Gasteiger partial charge in [0.1, 0.15) is 0 Å². The maximum Gasteiger partial charge on any atom is 0.223 e. The van der Waals surface area contributed by atoms with Crippen LogP contribution in [0.5, 0.6) is 0 Å². The molecular formula is C16H21N5OS. The molecule has 0 saturated carbocycles. The SMILES string of the molecule is CC(=O)Nc1ncc(CN2CCC(Cc3cncc(C)n3)C2)s1. The zero-order valence-electron chi connectivity index (χ0n) is 13.5. The normalized spacial score (nSPS) is 18.3. The number of rotatable bonds is 5. The van der Waals surface area contributed by atoms with Gasteiger partial charge in [-0.25, -0.2) is 4.98 Å². The molecule has 3 heterocycles. The van der Waals surface area contributed by atoms with E-state index in [1.807, 2.05) is 19.3 Å². The molecule has 2 aromatic rings. The summed E-state index contributed by atoms with van der Waals surface area (Å²) >= 11 is 1.55. The molecule has 7 heteroatoms. The number of nitrogens with one attached hydrogen (secondary N) is 1. The number of nitrogens with zero attached hydrogens (tertiary/aromatic N) is 4. The predicted molar refractivity (Wildman–Crippen MR) is 90.3 cm³/mol. The molecule has 1 amide bonds. The van der Waals surface area contributed by atoms with Gasteiger partial charge in [0, 0.05) is 43.5 Å². The quantitative estimate of drug-likeness (QED) is 0.910. The molecule has 1 aliphatic rings. The second kappa shape index (κ2) is 7.14. The number of anilines is 1. The number of likely N-dealkylation sites (tertiary alicyclic amines) is 1. The number of aromatic nitrogens is 3. The maximum atomic E-state index is 11.0. The summed E-state index contributed by atoms with van der Waals surface area (Å²) in [6.07, 6.45) is 7.70. The van der Waals surface area contributed by atoms with E-state index in [2.05, 4.69) is 25.2 Å². The van der Waals surface area contributed by atoms with Crippen LogP contribution < -0.4 is 5.32 Å². The standard InChI is InChI=1S/C16H21N5OS/c1-11-6-17-7-14(19-11)5-13-3-4-21(9-13)10-15-8-18-16(23-15)20-12(2)22/h6-8,13H,3-5,9-10H2,1-2H3,(H,18,20,22). The van der Waals surface area contributed by atoms with Crippen molar-refractivity contribution in [2.24, 2.45) is 5.92 Å². The second-order valence-corrected chi connectivity index (χ2v) is 7.17. The van der Waals surface area contributed by atoms with Crippen molar-refractivity contribution in [1.82, 2.24) is 19.9 Å². The van der Waals surface area contributed by atoms with Gasteiger partial charge in [0.25, 0.3) is 0 Å². The molecule has 1 N–H and O–H groups in total. The van der Waals surface area contributed by atoms with Crippen LogP contribution in [-0.2, 0) is 17.8 Å². The number of thiazole rings is 1. The Labute approximate surface area is 140 Å². The highest BCUT2D eigenvalue weighted by Gasteiger charge is 2.23. The summed E-state index contributed by atoms with van der Waals surface area (Å²) in [6.45, 7) is 6.54. The predicted octanol–water partition coefficient (Wildman–Crippen LogP) is 2.26. The number of hydrogen-bond acceptors (Lipinski definition) is 6. The molecule has 0 aliphatic carbocycles. The van der Waals surface area contributed by atoms with Gasteiger partial charge < -0.3 is 5.32 Å². The molecule has 1 atom stereocenters. The fourth-order valence-electron chi connectivity index (χ4n) is 2.94. The lowest BCUT2D eigenvalue weighted by molar-refractivity contribution is -0.114. The first-order valence-corrected chi connectivity index (χ1v) is 8.62. The van der Waals surface area contributed by atoms with Gasteiger partial charge in [0.05, 0.1) is 11.4 Å². The molecule has 0 bridgehead atoms. The van der Waals surface area contributed by atoms with Gasteiger partial charge in [-0.2, -0.15) is 0 Å². The van der Waals surface area contributed by atoms with Crippen LogP contribution in [0.25, 0.3) is 0 Å². The van der Waals surface area contributed by atoms with Gasteiger partial charge in [0.2, 0.25) is 5.91 Å². The molecule has 2 aromatic heterocycles. The van der Waals surface area contributed by atoms with E-state index >= 15 is 0 Å². The number of carbonyl (C=O) groups excluding carboxylic acids is 1. The Kier molecular flexibility index (Phi) is 4.97. The number of amides is 1. The first-order valence-electron chi connectivity index (χ1n) is 7.80. The van der Waals surface area contributed by atoms with E-state index in [-0.39, 0.29) is 5.91 Å². The fraction of sp³-hybridized carbons (Fsp3) is 0.500. The van der Waals surface area contributed by atoms with Crippen molar-refractivity contribution in [3.05, 3.63) is 34.9 Å². The van der Waals surface area contributed by atoms with Crippen molar-refractivity contribution < 1.29 is 4.79 Å². The Morgan fingerprint density at radius 2 is 2.30 bits per heavy atom. The van der Waals surface area contributed by atoms with E-state index in [1.54, 1.807) is 17.5 Å². The maximum absolute atomic E-state index is 11.0. The van der Waals surface area contributed by atoms with Gasteiger partial charge >= 0.3 is 0 Å². The zero-order valence-corrected chi connectivity index (χ0v) is 14.3. The minimum atomic E-state index is -0.0774. The van der Waals surface area contributed by atoms with Gasteiger partial charge in [-0.1, -0.05) is 0 Å². The van der Waals surface area contributed by atoms with Crippen LogP contribution in [0.4, 0.5) is 5.13 Å². The van der Waals surface area contributed by atoms with Crippen molar-refractivity contribution in [1.29, 1.82) is 0 Å². The molecule has 0 spiro atoms. The molecule has 1 aliphatic heterocycles. The summed E-state index contributed by atoms with van der Waals surface area (Å²) in [5, 5.41) is 3.41. The summed E-state index contributed by atoms with van der Waals surface area (Å²) in [6, 6.07) is 0. The van der Waals surface area contributed by atoms with E-state index in [4.69, 9.17) is 0 Å². The molecule has 23 heavy (non-hydrogen) atoms. The van der Waals surface area contributed by atoms with Crippen LogP contribution in [0.15, 0.2) is 18.6 Å². The first kappa shape index (κ1) is 16.0. The van der Waals surface area contributed by atoms with Gasteiger partial charge in [-0.3, -0.25) is 19.7 Å². The second-order valence-electron chi connectivity index (χ2n) is 6.06. The molecular weight excluding hydrogens is 310 g/mol. The highest BCUT2D eigenvalue weighted by atomic mass is 32.1. The van der Waals surface area contributed by atoms with E-state index in [0.29, 0.717) is 11.0 Å². The molecule has 3 rings (SSSR count). The molecule has 1 saturated heterocycles. The third-order valence-electron chi connectivity index (χ3n) is 3.89. The van der Waals surface area contributed by atoms with Gasteiger partial charge in [0.15, 0.2) is 5.13 Å². The molecule has 122 valence electrons. The number of carbonyl (C=O) groups is 1. The molecule has 1 unspecified atom stereocenters. The van der Waals surface area contributed by atoms with Gasteiger partial charge in [-0.05, 0) is 32.2 Å². The summed E-state index contributed by atoms with van der Waals surface area (Å²) in [5.41, 5.74) is 2.06. The van der Waals surface area contributed by atoms with Crippen LogP contribution in [-0.4, -0.2) is 38.8 Å². The third kappa shape index (κ3) is 4.56. The van der Waals surface area contributed by atoms with Crippen LogP contribution in [0, 0.1) is 12.8 Å². The van der Waals surface area contributed by atoms with Crippen LogP contribution >= 0.6 is 11.3 Å². The molecule has 6 nitrogen and oxygen atoms in total. The topological polar surface area (TPSA) is 71.0 Å². The Balaban J connectivity index is 1.51. The van der Waals surface area contributed by atoms with E-state index in [0.717, 1.165) is 37.4 Å². The molecule has 0 radical (unpaired) electrons. The lowest BCUT2D eigenvalue weighted by Crippen LogP contribution is -2.20. The van der Waals surface area contributed by atoms with Crippen LogP contribution in [0.3, 0.4) is 0 Å². The van der Waals surface area contributed by atoms with Crippen molar-refractivity contribution in [3.63, 3.8) is 0 Å². The van der Waals surface area contributed by atoms with Gasteiger partial charge in [-0.15, -0.1) is 11.3 Å². The lowest BCUT2D eigenvalue weighted by Gasteiger charge is -2.14. The summed E-state index contributed by atoms with van der Waals surface area (Å²) in [4.78, 5) is 27.7. The van der Waals surface area contributed by atoms with Crippen LogP contribution in [0.1, 0.15) is 29.6 Å². The zero-order chi connectivity index (χ0) is 16.2. The van der Waals surface area contributed by atoms with Crippen LogP contribution in [0.2, 0.25) is 0 Å². The van der Waals surface area contributed by atoms with Crippen molar-refractivity contribution >= 4 is 22.4 Å². The summed E-state index contributed by atoms with van der Waals surface area (Å²) in [7, 11) is 0. The third-order valence-corrected chi connectivity index (χ3v) is 4.79. The van der Waals surface area contributed by atoms with Crippen molar-refractivity contribution in [2.75, 3.05) is 18.4 Å². The highest BCUT2D eigenvalue weighted by molar-refractivity contribution is 7.15. The average Bonchev–Trinajstić information content (AvgIpc) is 3.09.